The van der Waals surface area contributed by atoms with E-state index in [0.717, 1.165) is 37.8 Å². The minimum Gasteiger partial charge on any atom is -0.304 e. The van der Waals surface area contributed by atoms with Crippen LogP contribution in [0.25, 0.3) is 0 Å². The van der Waals surface area contributed by atoms with Gasteiger partial charge < -0.3 is 9.80 Å². The zero-order valence-electron chi connectivity index (χ0n) is 14.9. The van der Waals surface area contributed by atoms with Crippen molar-refractivity contribution >= 4 is 0 Å². The van der Waals surface area contributed by atoms with E-state index in [2.05, 4.69) is 30.7 Å². The Kier molecular flexibility index (Phi) is 6.70. The number of alkyl halides is 3. The van der Waals surface area contributed by atoms with Gasteiger partial charge in [-0.05, 0) is 64.3 Å². The van der Waals surface area contributed by atoms with Crippen LogP contribution in [0.4, 0.5) is 13.2 Å². The minimum atomic E-state index is -4.26. The van der Waals surface area contributed by atoms with Crippen LogP contribution in [0, 0.1) is 5.92 Å². The van der Waals surface area contributed by atoms with Crippen molar-refractivity contribution < 1.29 is 13.2 Å². The zero-order chi connectivity index (χ0) is 17.7. The van der Waals surface area contributed by atoms with E-state index in [9.17, 15) is 13.2 Å². The van der Waals surface area contributed by atoms with E-state index in [4.69, 9.17) is 0 Å². The van der Waals surface area contributed by atoms with E-state index in [-0.39, 0.29) is 0 Å². The maximum atomic E-state index is 12.8. The molecule has 0 bridgehead atoms. The Morgan fingerprint density at radius 1 is 1.29 bits per heavy atom. The summed E-state index contributed by atoms with van der Waals surface area (Å²) in [6, 6.07) is 6.28. The van der Waals surface area contributed by atoms with Crippen molar-refractivity contribution in [3.63, 3.8) is 0 Å². The topological polar surface area (TPSA) is 6.48 Å². The number of piperidine rings is 1. The molecule has 5 heteroatoms. The van der Waals surface area contributed by atoms with Gasteiger partial charge in [0.05, 0.1) is 5.56 Å². The molecule has 0 spiro atoms. The Morgan fingerprint density at radius 3 is 2.71 bits per heavy atom. The molecule has 0 aliphatic carbocycles. The quantitative estimate of drug-likeness (QED) is 0.760. The normalized spacial score (nSPS) is 20.1. The molecule has 2 nitrogen and oxygen atoms in total. The van der Waals surface area contributed by atoms with Crippen molar-refractivity contribution in [2.75, 3.05) is 33.2 Å². The van der Waals surface area contributed by atoms with Gasteiger partial charge in [0.1, 0.15) is 0 Å². The molecule has 136 valence electrons. The van der Waals surface area contributed by atoms with E-state index in [1.54, 1.807) is 6.07 Å². The van der Waals surface area contributed by atoms with Gasteiger partial charge in [-0.1, -0.05) is 18.2 Å². The summed E-state index contributed by atoms with van der Waals surface area (Å²) in [5, 5.41) is 0. The van der Waals surface area contributed by atoms with Crippen molar-refractivity contribution in [3.05, 3.63) is 35.4 Å². The molecule has 0 amide bonds. The second-order valence-electron chi connectivity index (χ2n) is 7.29. The summed E-state index contributed by atoms with van der Waals surface area (Å²) in [5.74, 6) is 0.660. The predicted molar refractivity (Wildman–Crippen MR) is 92.1 cm³/mol. The zero-order valence-corrected chi connectivity index (χ0v) is 14.9. The third-order valence-corrected chi connectivity index (χ3v) is 5.00. The third kappa shape index (κ3) is 5.78. The Hall–Kier alpha value is -1.07. The average Bonchev–Trinajstić information content (AvgIpc) is 2.52. The number of rotatable bonds is 6. The highest BCUT2D eigenvalue weighted by atomic mass is 19.4. The molecule has 0 N–H and O–H groups in total. The van der Waals surface area contributed by atoms with Crippen molar-refractivity contribution in [2.24, 2.45) is 5.92 Å². The summed E-state index contributed by atoms with van der Waals surface area (Å²) in [4.78, 5) is 4.78. The van der Waals surface area contributed by atoms with Crippen LogP contribution in [0.3, 0.4) is 0 Å². The molecular weight excluding hydrogens is 313 g/mol. The fourth-order valence-corrected chi connectivity index (χ4v) is 3.31. The van der Waals surface area contributed by atoms with Gasteiger partial charge in [-0.25, -0.2) is 0 Å². The van der Waals surface area contributed by atoms with Crippen LogP contribution >= 0.6 is 0 Å². The number of hydrogen-bond acceptors (Lipinski definition) is 2. The van der Waals surface area contributed by atoms with Gasteiger partial charge in [-0.2, -0.15) is 13.2 Å². The second kappa shape index (κ2) is 8.34. The summed E-state index contributed by atoms with van der Waals surface area (Å²) >= 11 is 0. The van der Waals surface area contributed by atoms with Gasteiger partial charge in [-0.3, -0.25) is 0 Å². The van der Waals surface area contributed by atoms with Gasteiger partial charge in [0.15, 0.2) is 0 Å². The first-order chi connectivity index (χ1) is 11.3. The first-order valence-corrected chi connectivity index (χ1v) is 8.84. The number of benzene rings is 1. The molecule has 1 aliphatic heterocycles. The fraction of sp³-hybridized carbons (Fsp3) is 0.684. The largest absolute Gasteiger partial charge is 0.416 e. The fourth-order valence-electron chi connectivity index (χ4n) is 3.31. The van der Waals surface area contributed by atoms with E-state index in [1.165, 1.54) is 25.0 Å². The average molecular weight is 342 g/mol. The highest BCUT2D eigenvalue weighted by molar-refractivity contribution is 5.25. The van der Waals surface area contributed by atoms with Crippen molar-refractivity contribution in [2.45, 2.75) is 45.3 Å². The van der Waals surface area contributed by atoms with E-state index >= 15 is 0 Å². The van der Waals surface area contributed by atoms with Crippen LogP contribution in [0.15, 0.2) is 24.3 Å². The molecule has 1 heterocycles. The molecule has 0 saturated carbocycles. The Labute approximate surface area is 143 Å². The van der Waals surface area contributed by atoms with Gasteiger partial charge in [0.25, 0.3) is 0 Å². The molecule has 2 rings (SSSR count). The van der Waals surface area contributed by atoms with Crippen LogP contribution in [-0.4, -0.2) is 49.1 Å². The molecule has 1 saturated heterocycles. The Bertz CT molecular complexity index is 514. The number of likely N-dealkylation sites (tertiary alicyclic amines) is 1. The predicted octanol–water partition coefficient (Wildman–Crippen LogP) is 4.30. The molecular formula is C19H29F3N2. The lowest BCUT2D eigenvalue weighted by Crippen LogP contribution is -2.42. The summed E-state index contributed by atoms with van der Waals surface area (Å²) in [6.45, 7) is 8.44. The van der Waals surface area contributed by atoms with E-state index in [0.29, 0.717) is 18.4 Å². The van der Waals surface area contributed by atoms with Gasteiger partial charge >= 0.3 is 6.18 Å². The maximum absolute atomic E-state index is 12.8. The summed E-state index contributed by atoms with van der Waals surface area (Å²) in [6.07, 6.45) is -1.15. The molecule has 0 radical (unpaired) electrons. The minimum absolute atomic E-state index is 0.546. The molecule has 1 fully saturated rings. The summed E-state index contributed by atoms with van der Waals surface area (Å²) < 4.78 is 38.4. The van der Waals surface area contributed by atoms with Crippen LogP contribution in [0.2, 0.25) is 0 Å². The first-order valence-electron chi connectivity index (χ1n) is 8.84. The van der Waals surface area contributed by atoms with Gasteiger partial charge in [0, 0.05) is 25.7 Å². The SMILES string of the molecule is CC(C)N(C)C[C@H]1CCCN(CCc2cccc(C(F)(F)F)c2)C1. The van der Waals surface area contributed by atoms with Crippen molar-refractivity contribution in [1.29, 1.82) is 0 Å². The first kappa shape index (κ1) is 19.3. The highest BCUT2D eigenvalue weighted by Crippen LogP contribution is 2.29. The van der Waals surface area contributed by atoms with Crippen molar-refractivity contribution in [1.82, 2.24) is 9.80 Å². The summed E-state index contributed by atoms with van der Waals surface area (Å²) in [5.41, 5.74) is 0.223. The standard InChI is InChI=1S/C19H29F3N2/c1-15(2)23(3)13-17-7-5-10-24(14-17)11-9-16-6-4-8-18(12-16)19(20,21)22/h4,6,8,12,15,17H,5,7,9-11,13-14H2,1-3H3/t17-/m1/s1. The molecule has 1 atom stereocenters. The molecule has 0 unspecified atom stereocenters. The molecule has 0 aromatic heterocycles. The van der Waals surface area contributed by atoms with Crippen LogP contribution < -0.4 is 0 Å². The Morgan fingerprint density at radius 2 is 2.04 bits per heavy atom. The highest BCUT2D eigenvalue weighted by Gasteiger charge is 2.30. The smallest absolute Gasteiger partial charge is 0.304 e. The second-order valence-corrected chi connectivity index (χ2v) is 7.29. The molecule has 1 aliphatic rings. The van der Waals surface area contributed by atoms with Crippen LogP contribution in [-0.2, 0) is 12.6 Å². The Balaban J connectivity index is 1.86. The molecule has 1 aromatic rings. The lowest BCUT2D eigenvalue weighted by atomic mass is 9.96. The maximum Gasteiger partial charge on any atom is 0.416 e. The van der Waals surface area contributed by atoms with Crippen LogP contribution in [0.1, 0.15) is 37.8 Å². The van der Waals surface area contributed by atoms with Crippen molar-refractivity contribution in [3.8, 4) is 0 Å². The summed E-state index contributed by atoms with van der Waals surface area (Å²) in [7, 11) is 2.16. The van der Waals surface area contributed by atoms with Gasteiger partial charge in [0.2, 0.25) is 0 Å². The van der Waals surface area contributed by atoms with Crippen LogP contribution in [0.5, 0.6) is 0 Å². The molecule has 24 heavy (non-hydrogen) atoms. The van der Waals surface area contributed by atoms with E-state index in [1.807, 2.05) is 0 Å². The molecule has 1 aromatic carbocycles. The monoisotopic (exact) mass is 342 g/mol. The third-order valence-electron chi connectivity index (χ3n) is 5.00. The number of halogens is 3. The van der Waals surface area contributed by atoms with E-state index < -0.39 is 11.7 Å². The number of hydrogen-bond donors (Lipinski definition) is 0. The van der Waals surface area contributed by atoms with Gasteiger partial charge in [-0.15, -0.1) is 0 Å². The lowest BCUT2D eigenvalue weighted by molar-refractivity contribution is -0.137. The number of nitrogens with zero attached hydrogens (tertiary/aromatic N) is 2. The lowest BCUT2D eigenvalue weighted by Gasteiger charge is -2.35.